The summed E-state index contributed by atoms with van der Waals surface area (Å²) in [7, 11) is 10.4. The minimum absolute atomic E-state index is 0.687. The lowest BCUT2D eigenvalue weighted by atomic mass is 10.3. The van der Waals surface area contributed by atoms with Crippen LogP contribution in [0.4, 0.5) is 5.69 Å². The average molecular weight is 289 g/mol. The standard InChI is InChI=1S/C12H22ClN4P/c1-15(2)18(16(3)4,17(5)6)14-12-10-8-7-9-11(12)13/h7-10H,1-6H3. The first-order valence-electron chi connectivity index (χ1n) is 5.72. The van der Waals surface area contributed by atoms with Crippen molar-refractivity contribution in [1.29, 1.82) is 0 Å². The van der Waals surface area contributed by atoms with Crippen molar-refractivity contribution in [2.24, 2.45) is 4.74 Å². The van der Waals surface area contributed by atoms with Gasteiger partial charge in [-0.25, -0.2) is 4.74 Å². The van der Waals surface area contributed by atoms with E-state index in [1.165, 1.54) is 0 Å². The van der Waals surface area contributed by atoms with Crippen LogP contribution in [0.2, 0.25) is 5.02 Å². The summed E-state index contributed by atoms with van der Waals surface area (Å²) in [5.74, 6) is 0. The van der Waals surface area contributed by atoms with Crippen LogP contribution in [0.3, 0.4) is 0 Å². The lowest BCUT2D eigenvalue weighted by Gasteiger charge is -2.41. The topological polar surface area (TPSA) is 22.1 Å². The van der Waals surface area contributed by atoms with E-state index in [2.05, 4.69) is 14.0 Å². The molecule has 6 heteroatoms. The van der Waals surface area contributed by atoms with E-state index < -0.39 is 7.51 Å². The van der Waals surface area contributed by atoms with Crippen molar-refractivity contribution in [1.82, 2.24) is 14.0 Å². The third kappa shape index (κ3) is 2.95. The van der Waals surface area contributed by atoms with E-state index in [9.17, 15) is 0 Å². The zero-order valence-corrected chi connectivity index (χ0v) is 13.6. The summed E-state index contributed by atoms with van der Waals surface area (Å²) in [5, 5.41) is 0.687. The first-order valence-corrected chi connectivity index (χ1v) is 7.70. The second kappa shape index (κ2) is 6.18. The van der Waals surface area contributed by atoms with E-state index in [1.54, 1.807) is 0 Å². The smallest absolute Gasteiger partial charge is 0.171 e. The van der Waals surface area contributed by atoms with Crippen LogP contribution >= 0.6 is 19.1 Å². The molecule has 1 rings (SSSR count). The predicted molar refractivity (Wildman–Crippen MR) is 81.5 cm³/mol. The Morgan fingerprint density at radius 2 is 1.33 bits per heavy atom. The van der Waals surface area contributed by atoms with Gasteiger partial charge >= 0.3 is 0 Å². The summed E-state index contributed by atoms with van der Waals surface area (Å²) < 4.78 is 11.4. The van der Waals surface area contributed by atoms with Crippen molar-refractivity contribution in [2.75, 3.05) is 42.3 Å². The minimum Gasteiger partial charge on any atom is -0.252 e. The SMILES string of the molecule is CN(C)P(=Nc1ccccc1Cl)(N(C)C)N(C)C. The number of nitrogens with zero attached hydrogens (tertiary/aromatic N) is 4. The van der Waals surface area contributed by atoms with Crippen LogP contribution in [0, 0.1) is 0 Å². The maximum Gasteiger partial charge on any atom is 0.171 e. The Morgan fingerprint density at radius 1 is 0.889 bits per heavy atom. The van der Waals surface area contributed by atoms with Crippen LogP contribution in [-0.2, 0) is 0 Å². The molecular weight excluding hydrogens is 267 g/mol. The molecule has 0 unspecified atom stereocenters. The molecule has 0 N–H and O–H groups in total. The zero-order valence-electron chi connectivity index (χ0n) is 11.9. The first kappa shape index (κ1) is 15.7. The van der Waals surface area contributed by atoms with Gasteiger partial charge in [-0.15, -0.1) is 0 Å². The molecule has 102 valence electrons. The number of hydrogen-bond acceptors (Lipinski definition) is 1. The highest BCUT2D eigenvalue weighted by atomic mass is 35.5. The number of benzene rings is 1. The molecule has 0 bridgehead atoms. The van der Waals surface area contributed by atoms with Crippen LogP contribution < -0.4 is 0 Å². The lowest BCUT2D eigenvalue weighted by molar-refractivity contribution is 0.474. The molecule has 0 spiro atoms. The average Bonchev–Trinajstić information content (AvgIpc) is 2.26. The van der Waals surface area contributed by atoms with Gasteiger partial charge in [0.05, 0.1) is 10.7 Å². The molecule has 0 fully saturated rings. The van der Waals surface area contributed by atoms with Crippen LogP contribution in [0.15, 0.2) is 29.0 Å². The Labute approximate surface area is 115 Å². The molecule has 0 aliphatic rings. The predicted octanol–water partition coefficient (Wildman–Crippen LogP) is 3.60. The molecule has 0 aliphatic carbocycles. The number of halogens is 1. The Balaban J connectivity index is 3.49. The normalized spacial score (nSPS) is 12.6. The lowest BCUT2D eigenvalue weighted by Crippen LogP contribution is -2.30. The van der Waals surface area contributed by atoms with Gasteiger partial charge in [0.25, 0.3) is 0 Å². The van der Waals surface area contributed by atoms with Crippen molar-refractivity contribution in [3.63, 3.8) is 0 Å². The van der Waals surface area contributed by atoms with Crippen molar-refractivity contribution >= 4 is 24.8 Å². The molecule has 0 saturated heterocycles. The van der Waals surface area contributed by atoms with Crippen LogP contribution in [0.5, 0.6) is 0 Å². The summed E-state index contributed by atoms with van der Waals surface area (Å²) in [5.41, 5.74) is 0.837. The second-order valence-electron chi connectivity index (χ2n) is 4.63. The van der Waals surface area contributed by atoms with Crippen LogP contribution in [0.25, 0.3) is 0 Å². The van der Waals surface area contributed by atoms with Gasteiger partial charge in [0.15, 0.2) is 7.51 Å². The van der Waals surface area contributed by atoms with E-state index >= 15 is 0 Å². The molecule has 1 aromatic rings. The van der Waals surface area contributed by atoms with E-state index in [1.807, 2.05) is 66.6 Å². The summed E-state index contributed by atoms with van der Waals surface area (Å²) in [6.07, 6.45) is 0. The van der Waals surface area contributed by atoms with Crippen LogP contribution in [-0.4, -0.2) is 56.3 Å². The van der Waals surface area contributed by atoms with E-state index in [4.69, 9.17) is 16.3 Å². The molecule has 0 atom stereocenters. The van der Waals surface area contributed by atoms with Crippen molar-refractivity contribution in [3.05, 3.63) is 29.3 Å². The quantitative estimate of drug-likeness (QED) is 0.790. The van der Waals surface area contributed by atoms with Gasteiger partial charge in [0, 0.05) is 0 Å². The van der Waals surface area contributed by atoms with E-state index in [0.29, 0.717) is 5.02 Å². The summed E-state index contributed by atoms with van der Waals surface area (Å²) in [6.45, 7) is 0. The molecule has 0 aliphatic heterocycles. The van der Waals surface area contributed by atoms with Crippen molar-refractivity contribution in [2.45, 2.75) is 0 Å². The van der Waals surface area contributed by atoms with Gasteiger partial charge in [0.1, 0.15) is 0 Å². The Kier molecular flexibility index (Phi) is 5.38. The van der Waals surface area contributed by atoms with Crippen molar-refractivity contribution < 1.29 is 0 Å². The minimum atomic E-state index is -1.92. The molecule has 4 nitrogen and oxygen atoms in total. The van der Waals surface area contributed by atoms with E-state index in [0.717, 1.165) is 5.69 Å². The molecular formula is C12H22ClN4P. The summed E-state index contributed by atoms with van der Waals surface area (Å²) in [4.78, 5) is 0. The molecule has 0 amide bonds. The third-order valence-electron chi connectivity index (χ3n) is 2.70. The maximum absolute atomic E-state index is 6.21. The zero-order chi connectivity index (χ0) is 13.9. The highest BCUT2D eigenvalue weighted by Crippen LogP contribution is 2.57. The van der Waals surface area contributed by atoms with Crippen LogP contribution in [0.1, 0.15) is 0 Å². The number of rotatable bonds is 4. The molecule has 0 radical (unpaired) electrons. The Morgan fingerprint density at radius 3 is 1.72 bits per heavy atom. The fraction of sp³-hybridized carbons (Fsp3) is 0.500. The Bertz CT molecular complexity index is 429. The first-order chi connectivity index (χ1) is 8.32. The van der Waals surface area contributed by atoms with E-state index in [-0.39, 0.29) is 0 Å². The summed E-state index contributed by atoms with van der Waals surface area (Å²) >= 11 is 6.21. The highest BCUT2D eigenvalue weighted by Gasteiger charge is 2.28. The molecule has 0 heterocycles. The molecule has 0 saturated carbocycles. The van der Waals surface area contributed by atoms with Gasteiger partial charge in [-0.05, 0) is 54.4 Å². The highest BCUT2D eigenvalue weighted by molar-refractivity contribution is 7.59. The fourth-order valence-corrected chi connectivity index (χ4v) is 5.40. The molecule has 0 aromatic heterocycles. The molecule has 1 aromatic carbocycles. The maximum atomic E-state index is 6.21. The fourth-order valence-electron chi connectivity index (χ4n) is 2.02. The number of hydrogen-bond donors (Lipinski definition) is 0. The second-order valence-corrected chi connectivity index (χ2v) is 8.71. The molecule has 18 heavy (non-hydrogen) atoms. The van der Waals surface area contributed by atoms with Gasteiger partial charge in [-0.1, -0.05) is 23.7 Å². The third-order valence-corrected chi connectivity index (χ3v) is 6.73. The largest absolute Gasteiger partial charge is 0.252 e. The monoisotopic (exact) mass is 288 g/mol. The van der Waals surface area contributed by atoms with Gasteiger partial charge in [-0.3, -0.25) is 14.0 Å². The van der Waals surface area contributed by atoms with Crippen molar-refractivity contribution in [3.8, 4) is 0 Å². The summed E-state index contributed by atoms with van der Waals surface area (Å²) in [6, 6.07) is 7.70. The van der Waals surface area contributed by atoms with Gasteiger partial charge in [-0.2, -0.15) is 0 Å². The Hall–Kier alpha value is -0.380. The van der Waals surface area contributed by atoms with Gasteiger partial charge in [0.2, 0.25) is 0 Å². The van der Waals surface area contributed by atoms with Gasteiger partial charge < -0.3 is 0 Å².